The Bertz CT molecular complexity index is 813. The van der Waals surface area contributed by atoms with Crippen molar-refractivity contribution in [3.05, 3.63) is 64.1 Å². The molecule has 1 fully saturated rings. The molecule has 130 valence electrons. The average Bonchev–Trinajstić information content (AvgIpc) is 3.47. The lowest BCUT2D eigenvalue weighted by molar-refractivity contribution is -0.120. The van der Waals surface area contributed by atoms with Gasteiger partial charge in [0.25, 0.3) is 11.5 Å². The molecule has 0 unspecified atom stereocenters. The van der Waals surface area contributed by atoms with Crippen LogP contribution in [0.15, 0.2) is 47.3 Å². The zero-order chi connectivity index (χ0) is 17.6. The van der Waals surface area contributed by atoms with Gasteiger partial charge in [0, 0.05) is 24.1 Å². The molecule has 1 aromatic heterocycles. The molecule has 1 aliphatic carbocycles. The molecule has 0 atom stereocenters. The van der Waals surface area contributed by atoms with Gasteiger partial charge in [-0.15, -0.1) is 0 Å². The SMILES string of the molecule is O=C(CNC(=O)c1ccccc1)NCCn1nc(C2CC2)ccc1=O. The maximum Gasteiger partial charge on any atom is 0.266 e. The van der Waals surface area contributed by atoms with E-state index < -0.39 is 0 Å². The van der Waals surface area contributed by atoms with Crippen molar-refractivity contribution >= 4 is 11.8 Å². The zero-order valence-corrected chi connectivity index (χ0v) is 13.8. The van der Waals surface area contributed by atoms with Gasteiger partial charge in [-0.05, 0) is 31.0 Å². The number of nitrogens with zero attached hydrogens (tertiary/aromatic N) is 2. The molecule has 0 aliphatic heterocycles. The summed E-state index contributed by atoms with van der Waals surface area (Å²) in [5.41, 5.74) is 1.25. The van der Waals surface area contributed by atoms with Crippen LogP contribution in [0.25, 0.3) is 0 Å². The molecule has 1 heterocycles. The molecule has 1 saturated carbocycles. The smallest absolute Gasteiger partial charge is 0.266 e. The molecule has 7 heteroatoms. The van der Waals surface area contributed by atoms with E-state index in [1.165, 1.54) is 10.7 Å². The molecule has 2 amide bonds. The van der Waals surface area contributed by atoms with E-state index in [9.17, 15) is 14.4 Å². The minimum absolute atomic E-state index is 0.113. The fourth-order valence-corrected chi connectivity index (χ4v) is 2.44. The first-order valence-corrected chi connectivity index (χ1v) is 8.31. The van der Waals surface area contributed by atoms with E-state index in [2.05, 4.69) is 15.7 Å². The van der Waals surface area contributed by atoms with Crippen LogP contribution >= 0.6 is 0 Å². The molecule has 0 bridgehead atoms. The van der Waals surface area contributed by atoms with Crippen molar-refractivity contribution in [3.8, 4) is 0 Å². The Labute approximate surface area is 145 Å². The number of nitrogens with one attached hydrogen (secondary N) is 2. The summed E-state index contributed by atoms with van der Waals surface area (Å²) in [6.07, 6.45) is 2.23. The Morgan fingerprint density at radius 1 is 1.08 bits per heavy atom. The van der Waals surface area contributed by atoms with Gasteiger partial charge in [0.2, 0.25) is 5.91 Å². The van der Waals surface area contributed by atoms with Crippen molar-refractivity contribution in [3.63, 3.8) is 0 Å². The number of carbonyl (C=O) groups excluding carboxylic acids is 2. The minimum Gasteiger partial charge on any atom is -0.353 e. The topological polar surface area (TPSA) is 93.1 Å². The van der Waals surface area contributed by atoms with Crippen LogP contribution in [0.2, 0.25) is 0 Å². The van der Waals surface area contributed by atoms with E-state index in [0.717, 1.165) is 18.5 Å². The molecule has 0 radical (unpaired) electrons. The van der Waals surface area contributed by atoms with Crippen molar-refractivity contribution in [1.29, 1.82) is 0 Å². The van der Waals surface area contributed by atoms with E-state index in [-0.39, 0.29) is 30.5 Å². The van der Waals surface area contributed by atoms with Gasteiger partial charge in [-0.2, -0.15) is 5.10 Å². The van der Waals surface area contributed by atoms with E-state index in [1.807, 2.05) is 6.07 Å². The summed E-state index contributed by atoms with van der Waals surface area (Å²) in [6, 6.07) is 12.0. The normalized spacial score (nSPS) is 13.3. The van der Waals surface area contributed by atoms with Crippen LogP contribution in [0, 0.1) is 0 Å². The van der Waals surface area contributed by atoms with Crippen molar-refractivity contribution in [1.82, 2.24) is 20.4 Å². The van der Waals surface area contributed by atoms with Crippen LogP contribution in [0.1, 0.15) is 34.8 Å². The summed E-state index contributed by atoms with van der Waals surface area (Å²) in [4.78, 5) is 35.4. The maximum atomic E-state index is 11.8. The first-order valence-electron chi connectivity index (χ1n) is 8.31. The standard InChI is InChI=1S/C18H20N4O3/c23-16(12-20-18(25)14-4-2-1-3-5-14)19-10-11-22-17(24)9-8-15(21-22)13-6-7-13/h1-5,8-9,13H,6-7,10-12H2,(H,19,23)(H,20,25). The van der Waals surface area contributed by atoms with Gasteiger partial charge >= 0.3 is 0 Å². The highest BCUT2D eigenvalue weighted by Gasteiger charge is 2.25. The highest BCUT2D eigenvalue weighted by molar-refractivity contribution is 5.96. The summed E-state index contributed by atoms with van der Waals surface area (Å²) in [5, 5.41) is 9.56. The molecule has 2 aromatic rings. The monoisotopic (exact) mass is 340 g/mol. The predicted octanol–water partition coefficient (Wildman–Crippen LogP) is 0.667. The molecule has 1 aromatic carbocycles. The van der Waals surface area contributed by atoms with Crippen LogP contribution < -0.4 is 16.2 Å². The molecule has 3 rings (SSSR count). The first kappa shape index (κ1) is 16.9. The predicted molar refractivity (Wildman–Crippen MR) is 92.3 cm³/mol. The van der Waals surface area contributed by atoms with E-state index in [4.69, 9.17) is 0 Å². The van der Waals surface area contributed by atoms with Gasteiger partial charge in [-0.25, -0.2) is 4.68 Å². The van der Waals surface area contributed by atoms with Crippen LogP contribution in [-0.4, -0.2) is 34.7 Å². The van der Waals surface area contributed by atoms with Gasteiger partial charge in [-0.3, -0.25) is 14.4 Å². The van der Waals surface area contributed by atoms with E-state index >= 15 is 0 Å². The third kappa shape index (κ3) is 4.76. The van der Waals surface area contributed by atoms with Crippen LogP contribution in [0.5, 0.6) is 0 Å². The second-order valence-electron chi connectivity index (χ2n) is 5.99. The van der Waals surface area contributed by atoms with Crippen molar-refractivity contribution in [2.45, 2.75) is 25.3 Å². The van der Waals surface area contributed by atoms with Crippen molar-refractivity contribution in [2.24, 2.45) is 0 Å². The number of aromatic nitrogens is 2. The Balaban J connectivity index is 1.43. The lowest BCUT2D eigenvalue weighted by atomic mass is 10.2. The molecular weight excluding hydrogens is 320 g/mol. The Morgan fingerprint density at radius 2 is 1.84 bits per heavy atom. The maximum absolute atomic E-state index is 11.8. The first-order chi connectivity index (χ1) is 12.1. The summed E-state index contributed by atoms with van der Waals surface area (Å²) in [6.45, 7) is 0.469. The second-order valence-corrected chi connectivity index (χ2v) is 5.99. The summed E-state index contributed by atoms with van der Waals surface area (Å²) in [7, 11) is 0. The third-order valence-corrected chi connectivity index (χ3v) is 3.97. The van der Waals surface area contributed by atoms with Crippen molar-refractivity contribution in [2.75, 3.05) is 13.1 Å². The van der Waals surface area contributed by atoms with Gasteiger partial charge < -0.3 is 10.6 Å². The molecule has 7 nitrogen and oxygen atoms in total. The van der Waals surface area contributed by atoms with Gasteiger partial charge in [0.05, 0.1) is 18.8 Å². The number of amides is 2. The summed E-state index contributed by atoms with van der Waals surface area (Å²) < 4.78 is 1.37. The molecule has 25 heavy (non-hydrogen) atoms. The minimum atomic E-state index is -0.310. The highest BCUT2D eigenvalue weighted by Crippen LogP contribution is 2.38. The number of benzene rings is 1. The Kier molecular flexibility index (Phi) is 5.23. The Hall–Kier alpha value is -2.96. The van der Waals surface area contributed by atoms with Crippen molar-refractivity contribution < 1.29 is 9.59 Å². The number of carbonyl (C=O) groups is 2. The molecule has 1 aliphatic rings. The lowest BCUT2D eigenvalue weighted by Crippen LogP contribution is -2.39. The van der Waals surface area contributed by atoms with Crippen LogP contribution in [0.3, 0.4) is 0 Å². The molecule has 2 N–H and O–H groups in total. The Morgan fingerprint density at radius 3 is 2.56 bits per heavy atom. The van der Waals surface area contributed by atoms with Crippen LogP contribution in [0.4, 0.5) is 0 Å². The van der Waals surface area contributed by atoms with Gasteiger partial charge in [-0.1, -0.05) is 18.2 Å². The highest BCUT2D eigenvalue weighted by atomic mass is 16.2. The van der Waals surface area contributed by atoms with E-state index in [1.54, 1.807) is 30.3 Å². The van der Waals surface area contributed by atoms with Gasteiger partial charge in [0.15, 0.2) is 0 Å². The molecular formula is C18H20N4O3. The summed E-state index contributed by atoms with van der Waals surface area (Å²) >= 11 is 0. The summed E-state index contributed by atoms with van der Waals surface area (Å²) in [5.74, 6) is -0.143. The zero-order valence-electron chi connectivity index (χ0n) is 13.8. The molecule has 0 saturated heterocycles. The quantitative estimate of drug-likeness (QED) is 0.775. The fourth-order valence-electron chi connectivity index (χ4n) is 2.44. The third-order valence-electron chi connectivity index (χ3n) is 3.97. The van der Waals surface area contributed by atoms with Gasteiger partial charge in [0.1, 0.15) is 0 Å². The van der Waals surface area contributed by atoms with Crippen LogP contribution in [-0.2, 0) is 11.3 Å². The fraction of sp³-hybridized carbons (Fsp3) is 0.333. The average molecular weight is 340 g/mol. The second kappa shape index (κ2) is 7.74. The molecule has 0 spiro atoms. The number of hydrogen-bond donors (Lipinski definition) is 2. The number of hydrogen-bond acceptors (Lipinski definition) is 4. The lowest BCUT2D eigenvalue weighted by Gasteiger charge is -2.09. The largest absolute Gasteiger partial charge is 0.353 e. The number of rotatable bonds is 7. The van der Waals surface area contributed by atoms with E-state index in [0.29, 0.717) is 18.0 Å².